The number of amides is 1. The minimum atomic E-state index is -4.55. The van der Waals surface area contributed by atoms with E-state index < -0.39 is 23.8 Å². The molecule has 1 saturated heterocycles. The Bertz CT molecular complexity index is 1450. The first-order chi connectivity index (χ1) is 19.6. The number of hydrogen-bond donors (Lipinski definition) is 2. The minimum Gasteiger partial charge on any atom is -0.322 e. The van der Waals surface area contributed by atoms with Crippen molar-refractivity contribution in [1.82, 2.24) is 9.80 Å². The van der Waals surface area contributed by atoms with Crippen molar-refractivity contribution in [2.45, 2.75) is 38.3 Å². The SMILES string of the molecule is CC1=NC=C(C(=O)Nc2ccc(CN3CCN(C)CC3)c(C(F)(F)F)c2)CC1C#CC1=C2C=CC=NC2C(N)N=C1. The summed E-state index contributed by atoms with van der Waals surface area (Å²) in [6, 6.07) is 3.69. The lowest BCUT2D eigenvalue weighted by Crippen LogP contribution is -2.44. The summed E-state index contributed by atoms with van der Waals surface area (Å²) < 4.78 is 41.9. The maximum absolute atomic E-state index is 14.0. The molecule has 5 rings (SSSR count). The predicted octanol–water partition coefficient (Wildman–Crippen LogP) is 3.43. The van der Waals surface area contributed by atoms with Gasteiger partial charge < -0.3 is 16.0 Å². The highest BCUT2D eigenvalue weighted by Gasteiger charge is 2.34. The molecule has 0 saturated carbocycles. The first-order valence-corrected chi connectivity index (χ1v) is 13.5. The van der Waals surface area contributed by atoms with Crippen molar-refractivity contribution in [3.8, 4) is 11.8 Å². The van der Waals surface area contributed by atoms with Gasteiger partial charge in [0.25, 0.3) is 5.91 Å². The van der Waals surface area contributed by atoms with E-state index in [1.807, 2.05) is 31.0 Å². The summed E-state index contributed by atoms with van der Waals surface area (Å²) in [6.07, 6.45) is 3.78. The molecule has 0 aliphatic carbocycles. The topological polar surface area (TPSA) is 98.7 Å². The van der Waals surface area contributed by atoms with Gasteiger partial charge in [0.1, 0.15) is 12.2 Å². The number of halogens is 3. The Morgan fingerprint density at radius 2 is 1.98 bits per heavy atom. The summed E-state index contributed by atoms with van der Waals surface area (Å²) in [5, 5.41) is 2.63. The molecule has 8 nitrogen and oxygen atoms in total. The molecule has 1 aromatic carbocycles. The maximum atomic E-state index is 14.0. The number of alkyl halides is 3. The number of carbonyl (C=O) groups is 1. The monoisotopic (exact) mass is 563 g/mol. The Labute approximate surface area is 237 Å². The lowest BCUT2D eigenvalue weighted by molar-refractivity contribution is -0.138. The quantitative estimate of drug-likeness (QED) is 0.549. The fourth-order valence-corrected chi connectivity index (χ4v) is 5.09. The second-order valence-corrected chi connectivity index (χ2v) is 10.6. The zero-order valence-electron chi connectivity index (χ0n) is 22.9. The zero-order valence-corrected chi connectivity index (χ0v) is 22.9. The molecule has 3 atom stereocenters. The Balaban J connectivity index is 1.29. The molecule has 3 unspecified atom stereocenters. The van der Waals surface area contributed by atoms with Crippen molar-refractivity contribution in [2.75, 3.05) is 38.5 Å². The van der Waals surface area contributed by atoms with Crippen LogP contribution in [0.2, 0.25) is 0 Å². The number of fused-ring (bicyclic) bond motifs is 1. The van der Waals surface area contributed by atoms with Crippen molar-refractivity contribution in [3.05, 3.63) is 64.4 Å². The third-order valence-electron chi connectivity index (χ3n) is 7.63. The molecule has 41 heavy (non-hydrogen) atoms. The van der Waals surface area contributed by atoms with Gasteiger partial charge in [-0.25, -0.2) is 0 Å². The number of nitrogens with two attached hydrogens (primary N) is 1. The van der Waals surface area contributed by atoms with Gasteiger partial charge in [0, 0.05) is 73.9 Å². The number of hydrogen-bond acceptors (Lipinski definition) is 7. The number of benzene rings is 1. The second kappa shape index (κ2) is 11.9. The van der Waals surface area contributed by atoms with Gasteiger partial charge >= 0.3 is 6.18 Å². The second-order valence-electron chi connectivity index (χ2n) is 10.6. The fourth-order valence-electron chi connectivity index (χ4n) is 5.09. The molecule has 1 fully saturated rings. The van der Waals surface area contributed by atoms with Gasteiger partial charge in [0.15, 0.2) is 0 Å². The number of anilines is 1. The first kappa shape index (κ1) is 28.7. The number of carbonyl (C=O) groups excluding carboxylic acids is 1. The molecule has 4 heterocycles. The predicted molar refractivity (Wildman–Crippen MR) is 155 cm³/mol. The molecule has 214 valence electrons. The Morgan fingerprint density at radius 1 is 1.20 bits per heavy atom. The maximum Gasteiger partial charge on any atom is 0.416 e. The van der Waals surface area contributed by atoms with Gasteiger partial charge in [0.2, 0.25) is 0 Å². The van der Waals surface area contributed by atoms with E-state index >= 15 is 0 Å². The van der Waals surface area contributed by atoms with Crippen LogP contribution in [0.5, 0.6) is 0 Å². The van der Waals surface area contributed by atoms with Crippen LogP contribution in [-0.2, 0) is 17.5 Å². The smallest absolute Gasteiger partial charge is 0.322 e. The highest BCUT2D eigenvalue weighted by atomic mass is 19.4. The molecule has 4 aliphatic heterocycles. The summed E-state index contributed by atoms with van der Waals surface area (Å²) in [5.74, 6) is 5.47. The number of piperazine rings is 1. The van der Waals surface area contributed by atoms with Gasteiger partial charge in [-0.05, 0) is 49.7 Å². The van der Waals surface area contributed by atoms with Gasteiger partial charge in [-0.2, -0.15) is 13.2 Å². The lowest BCUT2D eigenvalue weighted by Gasteiger charge is -2.33. The van der Waals surface area contributed by atoms with Crippen LogP contribution in [0.3, 0.4) is 0 Å². The number of aliphatic imine (C=N–C) groups is 3. The molecular formula is C30H32F3N7O. The molecule has 0 aromatic heterocycles. The molecule has 1 aromatic rings. The first-order valence-electron chi connectivity index (χ1n) is 13.5. The summed E-state index contributed by atoms with van der Waals surface area (Å²) in [6.45, 7) is 5.06. The van der Waals surface area contributed by atoms with Crippen LogP contribution >= 0.6 is 0 Å². The molecule has 0 bridgehead atoms. The summed E-state index contributed by atoms with van der Waals surface area (Å²) in [7, 11) is 2.00. The largest absolute Gasteiger partial charge is 0.416 e. The van der Waals surface area contributed by atoms with E-state index in [9.17, 15) is 18.0 Å². The van der Waals surface area contributed by atoms with Crippen molar-refractivity contribution in [2.24, 2.45) is 26.6 Å². The molecule has 0 radical (unpaired) electrons. The number of nitrogens with zero attached hydrogens (tertiary/aromatic N) is 5. The van der Waals surface area contributed by atoms with Crippen LogP contribution in [0.4, 0.5) is 18.9 Å². The van der Waals surface area contributed by atoms with E-state index in [-0.39, 0.29) is 36.2 Å². The molecule has 11 heteroatoms. The summed E-state index contributed by atoms with van der Waals surface area (Å²) >= 11 is 0. The van der Waals surface area contributed by atoms with Gasteiger partial charge in [0.05, 0.1) is 11.5 Å². The van der Waals surface area contributed by atoms with Crippen LogP contribution in [-0.4, -0.2) is 79.3 Å². The number of likely N-dealkylation sites (N-methyl/N-ethyl adjacent to an activating group) is 1. The van der Waals surface area contributed by atoms with Crippen molar-refractivity contribution in [3.63, 3.8) is 0 Å². The molecular weight excluding hydrogens is 531 g/mol. The van der Waals surface area contributed by atoms with Crippen molar-refractivity contribution < 1.29 is 18.0 Å². The van der Waals surface area contributed by atoms with Crippen LogP contribution in [0.1, 0.15) is 24.5 Å². The van der Waals surface area contributed by atoms with Gasteiger partial charge in [-0.3, -0.25) is 24.7 Å². The van der Waals surface area contributed by atoms with E-state index in [1.54, 1.807) is 12.4 Å². The van der Waals surface area contributed by atoms with Gasteiger partial charge in [-0.1, -0.05) is 24.0 Å². The Hall–Kier alpha value is -3.85. The van der Waals surface area contributed by atoms with E-state index in [2.05, 4.69) is 37.0 Å². The van der Waals surface area contributed by atoms with E-state index in [4.69, 9.17) is 5.73 Å². The van der Waals surface area contributed by atoms with E-state index in [1.165, 1.54) is 18.3 Å². The molecule has 0 spiro atoms. The Morgan fingerprint density at radius 3 is 2.73 bits per heavy atom. The summed E-state index contributed by atoms with van der Waals surface area (Å²) in [5.41, 5.74) is 8.24. The third-order valence-corrected chi connectivity index (χ3v) is 7.63. The number of allylic oxidation sites excluding steroid dienone is 2. The normalized spacial score (nSPS) is 24.8. The highest BCUT2D eigenvalue weighted by molar-refractivity contribution is 6.05. The number of rotatable bonds is 4. The number of nitrogens with one attached hydrogen (secondary N) is 1. The van der Waals surface area contributed by atoms with E-state index in [0.717, 1.165) is 30.4 Å². The highest BCUT2D eigenvalue weighted by Crippen LogP contribution is 2.35. The fraction of sp³-hybridized carbons (Fsp3) is 0.400. The number of dihydropyridines is 2. The minimum absolute atomic E-state index is 0.0802. The molecule has 3 N–H and O–H groups in total. The van der Waals surface area contributed by atoms with Gasteiger partial charge in [-0.15, -0.1) is 0 Å². The third kappa shape index (κ3) is 6.73. The molecule has 1 amide bonds. The van der Waals surface area contributed by atoms with Crippen LogP contribution in [0.15, 0.2) is 68.2 Å². The zero-order chi connectivity index (χ0) is 29.1. The lowest BCUT2D eigenvalue weighted by atomic mass is 9.91. The average molecular weight is 564 g/mol. The van der Waals surface area contributed by atoms with Crippen molar-refractivity contribution in [1.29, 1.82) is 0 Å². The van der Waals surface area contributed by atoms with E-state index in [0.29, 0.717) is 24.2 Å². The summed E-state index contributed by atoms with van der Waals surface area (Å²) in [4.78, 5) is 30.3. The van der Waals surface area contributed by atoms with Crippen LogP contribution < -0.4 is 11.1 Å². The standard InChI is InChI=1S/C30H32F3N7O/c1-19-20(5-6-21-16-37-28(34)27-25(21)4-3-9-35-27)14-23(17-36-19)29(41)38-24-8-7-22(26(15-24)30(31,32)33)18-40-12-10-39(2)11-13-40/h3-4,7-9,15-17,20,27-28H,10-14,18,34H2,1-2H3,(H,38,41). The van der Waals surface area contributed by atoms with Crippen LogP contribution in [0.25, 0.3) is 0 Å². The van der Waals surface area contributed by atoms with Crippen LogP contribution in [0, 0.1) is 17.8 Å². The average Bonchev–Trinajstić information content (AvgIpc) is 2.95. The Kier molecular flexibility index (Phi) is 8.35. The van der Waals surface area contributed by atoms with Crippen molar-refractivity contribution >= 4 is 29.7 Å². The molecule has 4 aliphatic rings.